The number of rotatable bonds is 4. The molecule has 0 bridgehead atoms. The summed E-state index contributed by atoms with van der Waals surface area (Å²) in [6, 6.07) is 9.35. The largest absolute Gasteiger partial charge is 0.366 e. The van der Waals surface area contributed by atoms with Crippen LogP contribution in [0.4, 0.5) is 10.2 Å². The van der Waals surface area contributed by atoms with Crippen molar-refractivity contribution in [3.8, 4) is 11.3 Å². The Kier molecular flexibility index (Phi) is 5.67. The Morgan fingerprint density at radius 3 is 2.48 bits per heavy atom. The van der Waals surface area contributed by atoms with E-state index in [1.54, 1.807) is 6.07 Å². The number of anilines is 1. The summed E-state index contributed by atoms with van der Waals surface area (Å²) in [6.45, 7) is 2.53. The smallest absolute Gasteiger partial charge is 0.148 e. The molecular formula is C22H26ClFN4S. The minimum absolute atomic E-state index is 0.327. The van der Waals surface area contributed by atoms with Crippen LogP contribution in [0.25, 0.3) is 11.3 Å². The first-order chi connectivity index (χ1) is 14.2. The molecule has 1 aromatic carbocycles. The Labute approximate surface area is 180 Å². The standard InChI is InChI=1S/C22H26ClFN4S/c23-20-2-1-16(24)11-19(20)21-3-4-22(27-26-21)25-17-9-14-12-28(13-15(14)10-17)18-5-7-29-8-6-18/h1-4,11,14-15,17-18H,5-10,12-13H2,(H,25,27)/t14-,15+,17?. The van der Waals surface area contributed by atoms with Gasteiger partial charge in [0.25, 0.3) is 0 Å². The molecular weight excluding hydrogens is 407 g/mol. The first-order valence-electron chi connectivity index (χ1n) is 10.5. The van der Waals surface area contributed by atoms with E-state index in [1.807, 2.05) is 12.1 Å². The maximum atomic E-state index is 13.5. The highest BCUT2D eigenvalue weighted by molar-refractivity contribution is 7.99. The van der Waals surface area contributed by atoms with Crippen molar-refractivity contribution < 1.29 is 4.39 Å². The molecule has 1 unspecified atom stereocenters. The zero-order valence-corrected chi connectivity index (χ0v) is 17.9. The van der Waals surface area contributed by atoms with Gasteiger partial charge in [0.1, 0.15) is 11.6 Å². The monoisotopic (exact) mass is 432 g/mol. The fourth-order valence-electron chi connectivity index (χ4n) is 5.26. The third-order valence-corrected chi connectivity index (χ3v) is 8.09. The highest BCUT2D eigenvalue weighted by Gasteiger charge is 2.42. The quantitative estimate of drug-likeness (QED) is 0.739. The molecule has 0 amide bonds. The van der Waals surface area contributed by atoms with Gasteiger partial charge in [0.15, 0.2) is 0 Å². The number of aromatic nitrogens is 2. The Hall–Kier alpha value is -1.37. The molecule has 2 saturated heterocycles. The molecule has 3 fully saturated rings. The van der Waals surface area contributed by atoms with Gasteiger partial charge < -0.3 is 5.32 Å². The third-order valence-electron chi connectivity index (χ3n) is 6.71. The summed E-state index contributed by atoms with van der Waals surface area (Å²) in [5.41, 5.74) is 1.16. The minimum Gasteiger partial charge on any atom is -0.366 e. The summed E-state index contributed by atoms with van der Waals surface area (Å²) in [7, 11) is 0. The minimum atomic E-state index is -0.327. The molecule has 4 nitrogen and oxygen atoms in total. The normalized spacial score (nSPS) is 27.9. The Morgan fingerprint density at radius 2 is 1.79 bits per heavy atom. The molecule has 3 aliphatic rings. The topological polar surface area (TPSA) is 41.0 Å². The van der Waals surface area contributed by atoms with E-state index in [0.29, 0.717) is 22.3 Å². The van der Waals surface area contributed by atoms with Crippen molar-refractivity contribution in [3.05, 3.63) is 41.2 Å². The average Bonchev–Trinajstić information content (AvgIpc) is 3.30. The molecule has 7 heteroatoms. The molecule has 154 valence electrons. The highest BCUT2D eigenvalue weighted by Crippen LogP contribution is 2.41. The van der Waals surface area contributed by atoms with Gasteiger partial charge in [0.05, 0.1) is 10.7 Å². The van der Waals surface area contributed by atoms with Gasteiger partial charge >= 0.3 is 0 Å². The summed E-state index contributed by atoms with van der Waals surface area (Å²) in [6.07, 6.45) is 5.15. The van der Waals surface area contributed by atoms with Gasteiger partial charge in [0.2, 0.25) is 0 Å². The number of hydrogen-bond donors (Lipinski definition) is 1. The lowest BCUT2D eigenvalue weighted by molar-refractivity contribution is 0.211. The first kappa shape index (κ1) is 19.6. The number of fused-ring (bicyclic) bond motifs is 1. The summed E-state index contributed by atoms with van der Waals surface area (Å²) in [4.78, 5) is 2.77. The zero-order valence-electron chi connectivity index (χ0n) is 16.4. The lowest BCUT2D eigenvalue weighted by atomic mass is 10.0. The van der Waals surface area contributed by atoms with E-state index in [2.05, 4.69) is 32.2 Å². The van der Waals surface area contributed by atoms with Crippen molar-refractivity contribution in [2.45, 2.75) is 37.8 Å². The van der Waals surface area contributed by atoms with E-state index >= 15 is 0 Å². The second kappa shape index (κ2) is 8.40. The number of likely N-dealkylation sites (tertiary alicyclic amines) is 1. The maximum Gasteiger partial charge on any atom is 0.148 e. The van der Waals surface area contributed by atoms with E-state index < -0.39 is 0 Å². The second-order valence-electron chi connectivity index (χ2n) is 8.56. The Bertz CT molecular complexity index is 844. The van der Waals surface area contributed by atoms with Crippen LogP contribution in [0, 0.1) is 17.7 Å². The molecule has 2 aliphatic heterocycles. The number of nitrogens with one attached hydrogen (secondary N) is 1. The van der Waals surface area contributed by atoms with E-state index in [9.17, 15) is 4.39 Å². The van der Waals surface area contributed by atoms with E-state index in [4.69, 9.17) is 11.6 Å². The molecule has 1 N–H and O–H groups in total. The summed E-state index contributed by atoms with van der Waals surface area (Å²) < 4.78 is 13.5. The molecule has 0 radical (unpaired) electrons. The van der Waals surface area contributed by atoms with E-state index in [1.165, 1.54) is 62.4 Å². The summed E-state index contributed by atoms with van der Waals surface area (Å²) >= 11 is 8.28. The molecule has 1 saturated carbocycles. The average molecular weight is 433 g/mol. The van der Waals surface area contributed by atoms with Gasteiger partial charge in [-0.25, -0.2) is 4.39 Å². The van der Waals surface area contributed by atoms with Crippen molar-refractivity contribution in [3.63, 3.8) is 0 Å². The zero-order chi connectivity index (χ0) is 19.8. The van der Waals surface area contributed by atoms with Gasteiger partial charge in [-0.2, -0.15) is 11.8 Å². The van der Waals surface area contributed by atoms with Crippen molar-refractivity contribution in [2.75, 3.05) is 29.9 Å². The van der Waals surface area contributed by atoms with Crippen LogP contribution in [0.15, 0.2) is 30.3 Å². The maximum absolute atomic E-state index is 13.5. The molecule has 1 aliphatic carbocycles. The van der Waals surface area contributed by atoms with Gasteiger partial charge in [-0.15, -0.1) is 10.2 Å². The highest BCUT2D eigenvalue weighted by atomic mass is 35.5. The number of benzene rings is 1. The van der Waals surface area contributed by atoms with Gasteiger partial charge in [0, 0.05) is 30.7 Å². The van der Waals surface area contributed by atoms with Crippen molar-refractivity contribution in [1.29, 1.82) is 0 Å². The van der Waals surface area contributed by atoms with E-state index in [-0.39, 0.29) is 5.82 Å². The van der Waals surface area contributed by atoms with Crippen LogP contribution < -0.4 is 5.32 Å². The molecule has 2 aromatic rings. The number of hydrogen-bond acceptors (Lipinski definition) is 5. The van der Waals surface area contributed by atoms with Crippen LogP contribution in [0.5, 0.6) is 0 Å². The van der Waals surface area contributed by atoms with Crippen molar-refractivity contribution in [2.24, 2.45) is 11.8 Å². The van der Waals surface area contributed by atoms with Crippen LogP contribution in [0.1, 0.15) is 25.7 Å². The molecule has 3 heterocycles. The van der Waals surface area contributed by atoms with Crippen molar-refractivity contribution in [1.82, 2.24) is 15.1 Å². The third kappa shape index (κ3) is 4.25. The first-order valence-corrected chi connectivity index (χ1v) is 12.1. The molecule has 5 rings (SSSR count). The summed E-state index contributed by atoms with van der Waals surface area (Å²) in [5, 5.41) is 12.6. The Morgan fingerprint density at radius 1 is 1.03 bits per heavy atom. The van der Waals surface area contributed by atoms with Crippen LogP contribution in [-0.2, 0) is 0 Å². The van der Waals surface area contributed by atoms with Crippen molar-refractivity contribution >= 4 is 29.2 Å². The van der Waals surface area contributed by atoms with Crippen LogP contribution in [0.3, 0.4) is 0 Å². The van der Waals surface area contributed by atoms with Gasteiger partial charge in [-0.05, 0) is 79.4 Å². The van der Waals surface area contributed by atoms with Crippen LogP contribution in [0.2, 0.25) is 5.02 Å². The predicted molar refractivity (Wildman–Crippen MR) is 118 cm³/mol. The SMILES string of the molecule is Fc1ccc(Cl)c(-c2ccc(NC3C[C@@H]4CN(C5CCSCC5)C[C@@H]4C3)nn2)c1. The van der Waals surface area contributed by atoms with Crippen LogP contribution >= 0.6 is 23.4 Å². The second-order valence-corrected chi connectivity index (χ2v) is 10.2. The number of nitrogens with zero attached hydrogens (tertiary/aromatic N) is 3. The lowest BCUT2D eigenvalue weighted by Gasteiger charge is -2.31. The predicted octanol–water partition coefficient (Wildman–Crippen LogP) is 4.95. The fourth-order valence-corrected chi connectivity index (χ4v) is 6.55. The molecule has 0 spiro atoms. The van der Waals surface area contributed by atoms with Crippen LogP contribution in [-0.4, -0.2) is 51.8 Å². The molecule has 29 heavy (non-hydrogen) atoms. The van der Waals surface area contributed by atoms with E-state index in [0.717, 1.165) is 23.7 Å². The molecule has 3 atom stereocenters. The number of thioether (sulfide) groups is 1. The number of halogens is 2. The summed E-state index contributed by atoms with van der Waals surface area (Å²) in [5.74, 6) is 4.73. The van der Waals surface area contributed by atoms with Gasteiger partial charge in [-0.1, -0.05) is 11.6 Å². The fraction of sp³-hybridized carbons (Fsp3) is 0.545. The Balaban J connectivity index is 1.18. The lowest BCUT2D eigenvalue weighted by Crippen LogP contribution is -2.37. The van der Waals surface area contributed by atoms with Gasteiger partial charge in [-0.3, -0.25) is 4.90 Å². The molecule has 1 aromatic heterocycles.